The van der Waals surface area contributed by atoms with Gasteiger partial charge in [0.15, 0.2) is 0 Å². The molecule has 4 heteroatoms. The second-order valence-corrected chi connectivity index (χ2v) is 7.34. The van der Waals surface area contributed by atoms with Crippen LogP contribution in [0.4, 0.5) is 0 Å². The van der Waals surface area contributed by atoms with Crippen molar-refractivity contribution in [3.63, 3.8) is 0 Å². The molecule has 0 saturated carbocycles. The summed E-state index contributed by atoms with van der Waals surface area (Å²) in [6.07, 6.45) is 1.10. The lowest BCUT2D eigenvalue weighted by atomic mass is 10.0. The predicted molar refractivity (Wildman–Crippen MR) is 94.6 cm³/mol. The Hall–Kier alpha value is -0.840. The number of rotatable bonds is 6. The molecular weight excluding hydrogens is 346 g/mol. The van der Waals surface area contributed by atoms with Crippen molar-refractivity contribution in [2.75, 3.05) is 13.7 Å². The number of aryl methyl sites for hydroxylation is 2. The molecule has 0 aliphatic heterocycles. The Morgan fingerprint density at radius 1 is 1.29 bits per heavy atom. The lowest BCUT2D eigenvalue weighted by Gasteiger charge is -2.21. The molecule has 2 rings (SSSR count). The summed E-state index contributed by atoms with van der Waals surface area (Å²) in [5.74, 6) is 0.937. The van der Waals surface area contributed by atoms with Gasteiger partial charge in [0.1, 0.15) is 5.75 Å². The fraction of sp³-hybridized carbons (Fsp3) is 0.412. The fourth-order valence-electron chi connectivity index (χ4n) is 2.41. The van der Waals surface area contributed by atoms with E-state index in [0.29, 0.717) is 0 Å². The highest BCUT2D eigenvalue weighted by Crippen LogP contribution is 2.39. The van der Waals surface area contributed by atoms with Crippen molar-refractivity contribution in [2.45, 2.75) is 33.2 Å². The van der Waals surface area contributed by atoms with Gasteiger partial charge in [-0.3, -0.25) is 0 Å². The summed E-state index contributed by atoms with van der Waals surface area (Å²) in [6, 6.07) is 8.71. The van der Waals surface area contributed by atoms with Gasteiger partial charge in [-0.15, -0.1) is 11.3 Å². The van der Waals surface area contributed by atoms with Crippen molar-refractivity contribution >= 4 is 27.3 Å². The zero-order valence-corrected chi connectivity index (χ0v) is 15.4. The molecule has 0 spiro atoms. The van der Waals surface area contributed by atoms with Crippen LogP contribution in [0.15, 0.2) is 28.7 Å². The van der Waals surface area contributed by atoms with Crippen LogP contribution in [0.25, 0.3) is 0 Å². The Kier molecular flexibility index (Phi) is 5.85. The first-order valence-electron chi connectivity index (χ1n) is 7.20. The molecule has 2 aromatic rings. The summed E-state index contributed by atoms with van der Waals surface area (Å²) in [7, 11) is 1.74. The highest BCUT2D eigenvalue weighted by atomic mass is 79.9. The van der Waals surface area contributed by atoms with Gasteiger partial charge in [-0.2, -0.15) is 0 Å². The van der Waals surface area contributed by atoms with Crippen molar-refractivity contribution in [1.82, 2.24) is 5.32 Å². The summed E-state index contributed by atoms with van der Waals surface area (Å²) >= 11 is 5.53. The highest BCUT2D eigenvalue weighted by molar-refractivity contribution is 9.10. The summed E-state index contributed by atoms with van der Waals surface area (Å²) in [4.78, 5) is 2.62. The summed E-state index contributed by atoms with van der Waals surface area (Å²) in [6.45, 7) is 7.43. The summed E-state index contributed by atoms with van der Waals surface area (Å²) < 4.78 is 6.75. The van der Waals surface area contributed by atoms with Crippen LogP contribution in [0.1, 0.15) is 40.3 Å². The maximum Gasteiger partial charge on any atom is 0.124 e. The molecule has 114 valence electrons. The SMILES string of the molecule is CCCNC(c1cc(C)ccc1OC)c1sc(C)cc1Br. The average molecular weight is 368 g/mol. The Labute approximate surface area is 139 Å². The Morgan fingerprint density at radius 3 is 2.62 bits per heavy atom. The molecule has 1 N–H and O–H groups in total. The van der Waals surface area contributed by atoms with Crippen LogP contribution < -0.4 is 10.1 Å². The van der Waals surface area contributed by atoms with Crippen LogP contribution in [0.3, 0.4) is 0 Å². The van der Waals surface area contributed by atoms with Gasteiger partial charge in [0.05, 0.1) is 13.2 Å². The third-order valence-electron chi connectivity index (χ3n) is 3.39. The molecule has 0 aliphatic rings. The van der Waals surface area contributed by atoms with Gasteiger partial charge in [-0.25, -0.2) is 0 Å². The predicted octanol–water partition coefficient (Wildman–Crippen LogP) is 5.23. The number of benzene rings is 1. The van der Waals surface area contributed by atoms with Gasteiger partial charge >= 0.3 is 0 Å². The van der Waals surface area contributed by atoms with Crippen molar-refractivity contribution in [1.29, 1.82) is 0 Å². The molecule has 0 fully saturated rings. The summed E-state index contributed by atoms with van der Waals surface area (Å²) in [5.41, 5.74) is 2.45. The lowest BCUT2D eigenvalue weighted by Crippen LogP contribution is -2.23. The van der Waals surface area contributed by atoms with Crippen molar-refractivity contribution < 1.29 is 4.74 Å². The molecular formula is C17H22BrNOS. The van der Waals surface area contributed by atoms with Crippen LogP contribution in [-0.2, 0) is 0 Å². The molecule has 0 amide bonds. The van der Waals surface area contributed by atoms with Crippen molar-refractivity contribution in [3.8, 4) is 5.75 Å². The Bertz CT molecular complexity index is 609. The second-order valence-electron chi connectivity index (χ2n) is 5.20. The minimum Gasteiger partial charge on any atom is -0.496 e. The van der Waals surface area contributed by atoms with E-state index in [0.717, 1.165) is 18.7 Å². The van der Waals surface area contributed by atoms with Gasteiger partial charge < -0.3 is 10.1 Å². The van der Waals surface area contributed by atoms with E-state index >= 15 is 0 Å². The van der Waals surface area contributed by atoms with Crippen LogP contribution in [-0.4, -0.2) is 13.7 Å². The maximum absolute atomic E-state index is 5.58. The molecule has 1 heterocycles. The zero-order chi connectivity index (χ0) is 15.4. The number of thiophene rings is 1. The van der Waals surface area contributed by atoms with E-state index in [1.807, 2.05) is 11.3 Å². The quantitative estimate of drug-likeness (QED) is 0.754. The van der Waals surface area contributed by atoms with E-state index in [1.165, 1.54) is 25.4 Å². The minimum atomic E-state index is 0.160. The number of ether oxygens (including phenoxy) is 1. The van der Waals surface area contributed by atoms with Crippen LogP contribution >= 0.6 is 27.3 Å². The molecule has 0 aliphatic carbocycles. The Balaban J connectivity index is 2.50. The molecule has 0 bridgehead atoms. The maximum atomic E-state index is 5.58. The summed E-state index contributed by atoms with van der Waals surface area (Å²) in [5, 5.41) is 3.66. The minimum absolute atomic E-state index is 0.160. The van der Waals surface area contributed by atoms with E-state index in [4.69, 9.17) is 4.74 Å². The average Bonchev–Trinajstić information content (AvgIpc) is 2.78. The second kappa shape index (κ2) is 7.43. The molecule has 1 aromatic heterocycles. The first kappa shape index (κ1) is 16.5. The fourth-order valence-corrected chi connectivity index (χ4v) is 4.38. The monoisotopic (exact) mass is 367 g/mol. The van der Waals surface area contributed by atoms with Gasteiger partial charge in [0, 0.05) is 19.8 Å². The highest BCUT2D eigenvalue weighted by Gasteiger charge is 2.22. The third kappa shape index (κ3) is 3.87. The van der Waals surface area contributed by atoms with Gasteiger partial charge in [0.2, 0.25) is 0 Å². The normalized spacial score (nSPS) is 12.4. The number of hydrogen-bond acceptors (Lipinski definition) is 3. The molecule has 1 aromatic carbocycles. The van der Waals surface area contributed by atoms with E-state index in [1.54, 1.807) is 7.11 Å². The Morgan fingerprint density at radius 2 is 2.05 bits per heavy atom. The zero-order valence-electron chi connectivity index (χ0n) is 13.0. The van der Waals surface area contributed by atoms with Gasteiger partial charge in [-0.1, -0.05) is 24.6 Å². The molecule has 21 heavy (non-hydrogen) atoms. The topological polar surface area (TPSA) is 21.3 Å². The molecule has 0 saturated heterocycles. The molecule has 1 atom stereocenters. The largest absolute Gasteiger partial charge is 0.496 e. The van der Waals surface area contributed by atoms with E-state index in [9.17, 15) is 0 Å². The lowest BCUT2D eigenvalue weighted by molar-refractivity contribution is 0.404. The van der Waals surface area contributed by atoms with Crippen molar-refractivity contribution in [3.05, 3.63) is 49.6 Å². The van der Waals surface area contributed by atoms with Gasteiger partial charge in [0.25, 0.3) is 0 Å². The third-order valence-corrected chi connectivity index (χ3v) is 5.43. The standard InChI is InChI=1S/C17H22BrNOS/c1-5-8-19-16(17-14(18)10-12(3)21-17)13-9-11(2)6-7-15(13)20-4/h6-7,9-10,16,19H,5,8H2,1-4H3. The van der Waals surface area contributed by atoms with Crippen LogP contribution in [0.5, 0.6) is 5.75 Å². The van der Waals surface area contributed by atoms with E-state index in [2.05, 4.69) is 66.3 Å². The van der Waals surface area contributed by atoms with E-state index in [-0.39, 0.29) is 6.04 Å². The molecule has 0 radical (unpaired) electrons. The van der Waals surface area contributed by atoms with Crippen molar-refractivity contribution in [2.24, 2.45) is 0 Å². The van der Waals surface area contributed by atoms with Gasteiger partial charge in [-0.05, 0) is 54.9 Å². The smallest absolute Gasteiger partial charge is 0.124 e. The number of methoxy groups -OCH3 is 1. The van der Waals surface area contributed by atoms with Crippen LogP contribution in [0, 0.1) is 13.8 Å². The first-order valence-corrected chi connectivity index (χ1v) is 8.81. The number of nitrogens with one attached hydrogen (secondary N) is 1. The molecule has 2 nitrogen and oxygen atoms in total. The molecule has 1 unspecified atom stereocenters. The van der Waals surface area contributed by atoms with E-state index < -0.39 is 0 Å². The number of halogens is 1. The van der Waals surface area contributed by atoms with Crippen LogP contribution in [0.2, 0.25) is 0 Å². The number of hydrogen-bond donors (Lipinski definition) is 1. The first-order chi connectivity index (χ1) is 10.1.